The van der Waals surface area contributed by atoms with Crippen molar-refractivity contribution in [3.8, 4) is 0 Å². The van der Waals surface area contributed by atoms with E-state index in [1.165, 1.54) is 0 Å². The maximum atomic E-state index is 8.99. The van der Waals surface area contributed by atoms with Gasteiger partial charge in [0.25, 0.3) is 0 Å². The summed E-state index contributed by atoms with van der Waals surface area (Å²) in [6.45, 7) is 3.67. The summed E-state index contributed by atoms with van der Waals surface area (Å²) in [5.41, 5.74) is 1.95. The van der Waals surface area contributed by atoms with Crippen molar-refractivity contribution in [3.63, 3.8) is 0 Å². The summed E-state index contributed by atoms with van der Waals surface area (Å²) in [4.78, 5) is 0. The van der Waals surface area contributed by atoms with Crippen LogP contribution < -0.4 is 0 Å². The molecule has 0 aliphatic heterocycles. The molecule has 55 valence electrons. The molecule has 0 amide bonds. The summed E-state index contributed by atoms with van der Waals surface area (Å²) in [7, 11) is 0. The predicted octanol–water partition coefficient (Wildman–Crippen LogP) is 0.442. The highest BCUT2D eigenvalue weighted by atomic mass is 16.3. The molecule has 3 nitrogen and oxygen atoms in total. The van der Waals surface area contributed by atoms with Gasteiger partial charge in [-0.1, -0.05) is 0 Å². The standard InChI is InChI=1S/C7H11N2O/c1-5(10)3-7-4-8-9-6(7)2/h5,10H,3H2,1-2H3,(H,8,9). The lowest BCUT2D eigenvalue weighted by atomic mass is 10.1. The maximum Gasteiger partial charge on any atom is 0.116 e. The molecule has 1 radical (unpaired) electrons. The molecule has 0 spiro atoms. The minimum Gasteiger partial charge on any atom is -0.393 e. The highest BCUT2D eigenvalue weighted by Crippen LogP contribution is 2.04. The lowest BCUT2D eigenvalue weighted by molar-refractivity contribution is 0.195. The van der Waals surface area contributed by atoms with E-state index in [2.05, 4.69) is 16.4 Å². The fraction of sp³-hybridized carbons (Fsp3) is 0.571. The Morgan fingerprint density at radius 1 is 1.80 bits per heavy atom. The molecule has 0 saturated carbocycles. The lowest BCUT2D eigenvalue weighted by Gasteiger charge is -2.00. The SMILES string of the molecule is Cc1[nH]n[c]c1CC(C)O. The van der Waals surface area contributed by atoms with E-state index in [9.17, 15) is 0 Å². The largest absolute Gasteiger partial charge is 0.393 e. The first-order valence-corrected chi connectivity index (χ1v) is 3.29. The van der Waals surface area contributed by atoms with Crippen molar-refractivity contribution in [1.82, 2.24) is 10.2 Å². The smallest absolute Gasteiger partial charge is 0.116 e. The zero-order chi connectivity index (χ0) is 7.56. The molecule has 0 saturated heterocycles. The molecular formula is C7H11N2O. The summed E-state index contributed by atoms with van der Waals surface area (Å²) < 4.78 is 0. The van der Waals surface area contributed by atoms with Gasteiger partial charge in [0.2, 0.25) is 0 Å². The Balaban J connectivity index is 2.65. The van der Waals surface area contributed by atoms with Gasteiger partial charge >= 0.3 is 0 Å². The molecule has 0 aliphatic rings. The van der Waals surface area contributed by atoms with Crippen molar-refractivity contribution >= 4 is 0 Å². The molecule has 1 unspecified atom stereocenters. The van der Waals surface area contributed by atoms with Crippen LogP contribution in [0.3, 0.4) is 0 Å². The molecule has 1 aromatic rings. The van der Waals surface area contributed by atoms with E-state index >= 15 is 0 Å². The third-order valence-corrected chi connectivity index (χ3v) is 1.37. The van der Waals surface area contributed by atoms with Crippen LogP contribution in [0.1, 0.15) is 18.2 Å². The molecule has 1 aromatic heterocycles. The van der Waals surface area contributed by atoms with Crippen molar-refractivity contribution in [2.75, 3.05) is 0 Å². The number of aryl methyl sites for hydroxylation is 1. The number of aromatic nitrogens is 2. The summed E-state index contributed by atoms with van der Waals surface area (Å²) >= 11 is 0. The van der Waals surface area contributed by atoms with Gasteiger partial charge in [-0.05, 0) is 13.8 Å². The van der Waals surface area contributed by atoms with Crippen LogP contribution in [0.2, 0.25) is 0 Å². The Morgan fingerprint density at radius 3 is 2.90 bits per heavy atom. The Hall–Kier alpha value is -0.830. The lowest BCUT2D eigenvalue weighted by Crippen LogP contribution is -2.04. The Bertz CT molecular complexity index is 205. The van der Waals surface area contributed by atoms with Crippen LogP contribution in [0.15, 0.2) is 0 Å². The average Bonchev–Trinajstić information content (AvgIpc) is 2.15. The van der Waals surface area contributed by atoms with Crippen molar-refractivity contribution in [1.29, 1.82) is 0 Å². The number of rotatable bonds is 2. The molecule has 1 rings (SSSR count). The second-order valence-corrected chi connectivity index (χ2v) is 2.49. The normalized spacial score (nSPS) is 13.5. The number of aliphatic hydroxyl groups excluding tert-OH is 1. The minimum absolute atomic E-state index is 0.312. The molecule has 1 atom stereocenters. The first-order chi connectivity index (χ1) is 4.70. The fourth-order valence-electron chi connectivity index (χ4n) is 0.825. The van der Waals surface area contributed by atoms with Crippen molar-refractivity contribution in [3.05, 3.63) is 17.5 Å². The molecule has 0 aliphatic carbocycles. The number of H-pyrrole nitrogens is 1. The van der Waals surface area contributed by atoms with Gasteiger partial charge < -0.3 is 5.11 Å². The van der Waals surface area contributed by atoms with Crippen molar-refractivity contribution in [2.45, 2.75) is 26.4 Å². The highest BCUT2D eigenvalue weighted by molar-refractivity contribution is 5.13. The third-order valence-electron chi connectivity index (χ3n) is 1.37. The topological polar surface area (TPSA) is 48.9 Å². The molecule has 1 heterocycles. The van der Waals surface area contributed by atoms with E-state index in [0.29, 0.717) is 6.42 Å². The molecule has 2 N–H and O–H groups in total. The van der Waals surface area contributed by atoms with Gasteiger partial charge in [0.15, 0.2) is 0 Å². The van der Waals surface area contributed by atoms with E-state index in [0.717, 1.165) is 11.3 Å². The Morgan fingerprint density at radius 2 is 2.50 bits per heavy atom. The van der Waals surface area contributed by atoms with Crippen molar-refractivity contribution in [2.24, 2.45) is 0 Å². The second kappa shape index (κ2) is 2.84. The summed E-state index contributed by atoms with van der Waals surface area (Å²) in [6, 6.07) is 0. The molecule has 3 heteroatoms. The number of aromatic amines is 1. The van der Waals surface area contributed by atoms with Gasteiger partial charge in [-0.25, -0.2) is 0 Å². The monoisotopic (exact) mass is 139 g/mol. The number of hydrogen-bond donors (Lipinski definition) is 2. The van der Waals surface area contributed by atoms with Crippen molar-refractivity contribution < 1.29 is 5.11 Å². The van der Waals surface area contributed by atoms with Crippen LogP contribution in [0.25, 0.3) is 0 Å². The minimum atomic E-state index is -0.312. The number of hydrogen-bond acceptors (Lipinski definition) is 2. The first kappa shape index (κ1) is 7.28. The molecule has 0 bridgehead atoms. The number of nitrogens with zero attached hydrogens (tertiary/aromatic N) is 1. The summed E-state index contributed by atoms with van der Waals surface area (Å²) in [5.74, 6) is 0. The number of aliphatic hydroxyl groups is 1. The van der Waals surface area contributed by atoms with E-state index < -0.39 is 0 Å². The molecule has 0 aromatic carbocycles. The van der Waals surface area contributed by atoms with Crippen LogP contribution in [-0.4, -0.2) is 21.4 Å². The van der Waals surface area contributed by atoms with E-state index in [1.807, 2.05) is 6.92 Å². The number of nitrogens with one attached hydrogen (secondary N) is 1. The van der Waals surface area contributed by atoms with Crippen LogP contribution in [0.4, 0.5) is 0 Å². The van der Waals surface area contributed by atoms with Gasteiger partial charge in [0.1, 0.15) is 6.20 Å². The summed E-state index contributed by atoms with van der Waals surface area (Å²) in [5, 5.41) is 15.5. The van der Waals surface area contributed by atoms with Gasteiger partial charge in [0.05, 0.1) is 6.10 Å². The zero-order valence-electron chi connectivity index (χ0n) is 6.18. The van der Waals surface area contributed by atoms with Gasteiger partial charge in [-0.15, -0.1) is 0 Å². The van der Waals surface area contributed by atoms with Crippen LogP contribution in [0, 0.1) is 13.1 Å². The van der Waals surface area contributed by atoms with Crippen LogP contribution in [-0.2, 0) is 6.42 Å². The fourth-order valence-corrected chi connectivity index (χ4v) is 0.825. The highest BCUT2D eigenvalue weighted by Gasteiger charge is 2.03. The van der Waals surface area contributed by atoms with Gasteiger partial charge in [-0.2, -0.15) is 5.10 Å². The maximum absolute atomic E-state index is 8.99. The predicted molar refractivity (Wildman–Crippen MR) is 37.5 cm³/mol. The van der Waals surface area contributed by atoms with Crippen LogP contribution >= 0.6 is 0 Å². The van der Waals surface area contributed by atoms with Gasteiger partial charge in [0, 0.05) is 17.7 Å². The third kappa shape index (κ3) is 1.57. The van der Waals surface area contributed by atoms with E-state index in [1.54, 1.807) is 6.92 Å². The van der Waals surface area contributed by atoms with E-state index in [4.69, 9.17) is 5.11 Å². The quantitative estimate of drug-likeness (QED) is 0.624. The Kier molecular flexibility index (Phi) is 2.06. The average molecular weight is 139 g/mol. The molecule has 10 heavy (non-hydrogen) atoms. The van der Waals surface area contributed by atoms with E-state index in [-0.39, 0.29) is 6.10 Å². The zero-order valence-corrected chi connectivity index (χ0v) is 6.18. The second-order valence-electron chi connectivity index (χ2n) is 2.49. The van der Waals surface area contributed by atoms with Gasteiger partial charge in [-0.3, -0.25) is 5.10 Å². The summed E-state index contributed by atoms with van der Waals surface area (Å²) in [6.07, 6.45) is 3.09. The Labute approximate surface area is 60.1 Å². The first-order valence-electron chi connectivity index (χ1n) is 3.29. The molecule has 0 fully saturated rings. The van der Waals surface area contributed by atoms with Crippen LogP contribution in [0.5, 0.6) is 0 Å². The molecular weight excluding hydrogens is 128 g/mol.